The topological polar surface area (TPSA) is 31.0 Å². The van der Waals surface area contributed by atoms with Gasteiger partial charge < -0.3 is 14.2 Å². The lowest BCUT2D eigenvalue weighted by atomic mass is 10.1. The number of methoxy groups -OCH3 is 2. The van der Waals surface area contributed by atoms with Crippen LogP contribution in [0.5, 0.6) is 11.5 Å². The highest BCUT2D eigenvalue weighted by Crippen LogP contribution is 2.31. The summed E-state index contributed by atoms with van der Waals surface area (Å²) in [5, 5.41) is 0. The largest absolute Gasteiger partial charge is 0.496 e. The Morgan fingerprint density at radius 2 is 1.80 bits per heavy atom. The SMILES string of the molecule is COc1cc(CC2CO2)cc(OC)c1C. The van der Waals surface area contributed by atoms with Crippen molar-refractivity contribution >= 4 is 0 Å². The van der Waals surface area contributed by atoms with Crippen LogP contribution in [0, 0.1) is 6.92 Å². The molecule has 1 aromatic carbocycles. The van der Waals surface area contributed by atoms with Crippen molar-refractivity contribution in [3.8, 4) is 11.5 Å². The molecule has 1 unspecified atom stereocenters. The fourth-order valence-corrected chi connectivity index (χ4v) is 1.71. The molecule has 3 nitrogen and oxygen atoms in total. The molecule has 0 N–H and O–H groups in total. The van der Waals surface area contributed by atoms with Gasteiger partial charge in [-0.3, -0.25) is 0 Å². The van der Waals surface area contributed by atoms with Gasteiger partial charge in [0.1, 0.15) is 11.5 Å². The van der Waals surface area contributed by atoms with Crippen molar-refractivity contribution in [3.63, 3.8) is 0 Å². The fraction of sp³-hybridized carbons (Fsp3) is 0.500. The van der Waals surface area contributed by atoms with Crippen molar-refractivity contribution in [1.82, 2.24) is 0 Å². The lowest BCUT2D eigenvalue weighted by molar-refractivity contribution is 0.385. The van der Waals surface area contributed by atoms with Crippen molar-refractivity contribution in [1.29, 1.82) is 0 Å². The van der Waals surface area contributed by atoms with Crippen LogP contribution in [0.3, 0.4) is 0 Å². The van der Waals surface area contributed by atoms with Crippen LogP contribution in [0.2, 0.25) is 0 Å². The van der Waals surface area contributed by atoms with Crippen molar-refractivity contribution in [3.05, 3.63) is 23.3 Å². The van der Waals surface area contributed by atoms with E-state index < -0.39 is 0 Å². The second-order valence-electron chi connectivity index (χ2n) is 3.78. The van der Waals surface area contributed by atoms with Crippen molar-refractivity contribution in [2.75, 3.05) is 20.8 Å². The smallest absolute Gasteiger partial charge is 0.125 e. The van der Waals surface area contributed by atoms with Crippen LogP contribution < -0.4 is 9.47 Å². The summed E-state index contributed by atoms with van der Waals surface area (Å²) in [5.41, 5.74) is 2.25. The van der Waals surface area contributed by atoms with Gasteiger partial charge in [-0.1, -0.05) is 0 Å². The second kappa shape index (κ2) is 4.11. The van der Waals surface area contributed by atoms with Crippen LogP contribution in [0.15, 0.2) is 12.1 Å². The van der Waals surface area contributed by atoms with Gasteiger partial charge in [0, 0.05) is 12.0 Å². The van der Waals surface area contributed by atoms with E-state index in [1.165, 1.54) is 5.56 Å². The van der Waals surface area contributed by atoms with Crippen molar-refractivity contribution < 1.29 is 14.2 Å². The van der Waals surface area contributed by atoms with Gasteiger partial charge in [-0.15, -0.1) is 0 Å². The molecule has 3 heteroatoms. The van der Waals surface area contributed by atoms with E-state index in [1.807, 2.05) is 6.92 Å². The van der Waals surface area contributed by atoms with Gasteiger partial charge in [-0.25, -0.2) is 0 Å². The minimum atomic E-state index is 0.391. The number of hydrogen-bond donors (Lipinski definition) is 0. The fourth-order valence-electron chi connectivity index (χ4n) is 1.71. The number of ether oxygens (including phenoxy) is 3. The summed E-state index contributed by atoms with van der Waals surface area (Å²) in [4.78, 5) is 0. The molecule has 1 fully saturated rings. The monoisotopic (exact) mass is 208 g/mol. The summed E-state index contributed by atoms with van der Waals surface area (Å²) < 4.78 is 15.8. The zero-order chi connectivity index (χ0) is 10.8. The Hall–Kier alpha value is -1.22. The Kier molecular flexibility index (Phi) is 2.82. The van der Waals surface area contributed by atoms with E-state index in [1.54, 1.807) is 14.2 Å². The number of epoxide rings is 1. The minimum absolute atomic E-state index is 0.391. The van der Waals surface area contributed by atoms with Crippen LogP contribution in [0.1, 0.15) is 11.1 Å². The number of hydrogen-bond acceptors (Lipinski definition) is 3. The van der Waals surface area contributed by atoms with Crippen LogP contribution in [0.25, 0.3) is 0 Å². The average Bonchev–Trinajstić information content (AvgIpc) is 3.04. The highest BCUT2D eigenvalue weighted by molar-refractivity contribution is 5.47. The van der Waals surface area contributed by atoms with Crippen molar-refractivity contribution in [2.45, 2.75) is 19.4 Å². The highest BCUT2D eigenvalue weighted by Gasteiger charge is 2.23. The van der Waals surface area contributed by atoms with E-state index in [9.17, 15) is 0 Å². The van der Waals surface area contributed by atoms with Crippen LogP contribution in [-0.4, -0.2) is 26.9 Å². The van der Waals surface area contributed by atoms with Crippen molar-refractivity contribution in [2.24, 2.45) is 0 Å². The molecule has 0 bridgehead atoms. The Balaban J connectivity index is 2.29. The van der Waals surface area contributed by atoms with E-state index in [-0.39, 0.29) is 0 Å². The molecule has 82 valence electrons. The lowest BCUT2D eigenvalue weighted by Crippen LogP contribution is -1.98. The highest BCUT2D eigenvalue weighted by atomic mass is 16.6. The molecule has 15 heavy (non-hydrogen) atoms. The van der Waals surface area contributed by atoms with E-state index in [2.05, 4.69) is 12.1 Å². The standard InChI is InChI=1S/C12H16O3/c1-8-11(13-2)5-9(4-10-7-15-10)6-12(8)14-3/h5-6,10H,4,7H2,1-3H3. The molecule has 1 aromatic rings. The maximum Gasteiger partial charge on any atom is 0.125 e. The predicted octanol–water partition coefficient (Wildman–Crippen LogP) is 1.95. The Labute approximate surface area is 90.0 Å². The van der Waals surface area contributed by atoms with E-state index in [0.717, 1.165) is 30.1 Å². The summed E-state index contributed by atoms with van der Waals surface area (Å²) in [6, 6.07) is 4.11. The van der Waals surface area contributed by atoms with Crippen LogP contribution in [-0.2, 0) is 11.2 Å². The Morgan fingerprint density at radius 3 is 2.20 bits per heavy atom. The first-order valence-electron chi connectivity index (χ1n) is 5.07. The molecule has 0 spiro atoms. The summed E-state index contributed by atoms with van der Waals surface area (Å²) in [7, 11) is 3.36. The summed E-state index contributed by atoms with van der Waals surface area (Å²) in [6.07, 6.45) is 1.33. The van der Waals surface area contributed by atoms with Gasteiger partial charge in [0.15, 0.2) is 0 Å². The molecule has 1 aliphatic rings. The molecule has 0 aliphatic carbocycles. The molecule has 0 amide bonds. The first-order valence-corrected chi connectivity index (χ1v) is 5.07. The summed E-state index contributed by atoms with van der Waals surface area (Å²) in [6.45, 7) is 2.87. The first kappa shape index (κ1) is 10.3. The van der Waals surface area contributed by atoms with Gasteiger partial charge in [0.2, 0.25) is 0 Å². The van der Waals surface area contributed by atoms with Gasteiger partial charge in [-0.05, 0) is 24.6 Å². The van der Waals surface area contributed by atoms with Gasteiger partial charge in [0.25, 0.3) is 0 Å². The zero-order valence-corrected chi connectivity index (χ0v) is 9.37. The van der Waals surface area contributed by atoms with E-state index in [4.69, 9.17) is 14.2 Å². The third kappa shape index (κ3) is 2.23. The maximum atomic E-state index is 5.31. The van der Waals surface area contributed by atoms with E-state index in [0.29, 0.717) is 6.10 Å². The molecule has 1 atom stereocenters. The van der Waals surface area contributed by atoms with Crippen LogP contribution >= 0.6 is 0 Å². The molecule has 1 heterocycles. The third-order valence-electron chi connectivity index (χ3n) is 2.68. The Morgan fingerprint density at radius 1 is 1.27 bits per heavy atom. The second-order valence-corrected chi connectivity index (χ2v) is 3.78. The number of rotatable bonds is 4. The molecular formula is C12H16O3. The molecule has 1 aliphatic heterocycles. The zero-order valence-electron chi connectivity index (χ0n) is 9.37. The summed E-state index contributed by atoms with van der Waals surface area (Å²) in [5.74, 6) is 1.76. The molecule has 0 saturated carbocycles. The molecule has 2 rings (SSSR count). The van der Waals surface area contributed by atoms with E-state index >= 15 is 0 Å². The minimum Gasteiger partial charge on any atom is -0.496 e. The maximum absolute atomic E-state index is 5.31. The predicted molar refractivity (Wildman–Crippen MR) is 57.7 cm³/mol. The van der Waals surface area contributed by atoms with Gasteiger partial charge in [-0.2, -0.15) is 0 Å². The lowest BCUT2D eigenvalue weighted by Gasteiger charge is -2.11. The van der Waals surface area contributed by atoms with Gasteiger partial charge >= 0.3 is 0 Å². The molecule has 0 aromatic heterocycles. The first-order chi connectivity index (χ1) is 7.24. The van der Waals surface area contributed by atoms with Gasteiger partial charge in [0.05, 0.1) is 26.9 Å². The van der Waals surface area contributed by atoms with Crippen LogP contribution in [0.4, 0.5) is 0 Å². The normalized spacial score (nSPS) is 18.7. The average molecular weight is 208 g/mol. The molecular weight excluding hydrogens is 192 g/mol. The quantitative estimate of drug-likeness (QED) is 0.709. The molecule has 1 saturated heterocycles. The molecule has 0 radical (unpaired) electrons. The summed E-state index contributed by atoms with van der Waals surface area (Å²) >= 11 is 0. The number of benzene rings is 1. The Bertz CT molecular complexity index is 331. The third-order valence-corrected chi connectivity index (χ3v) is 2.68.